The van der Waals surface area contributed by atoms with Gasteiger partial charge in [0, 0.05) is 31.1 Å². The molecule has 1 aromatic rings. The van der Waals surface area contributed by atoms with Gasteiger partial charge in [0.15, 0.2) is 12.4 Å². The summed E-state index contributed by atoms with van der Waals surface area (Å²) in [5.41, 5.74) is -1.24. The van der Waals surface area contributed by atoms with Crippen LogP contribution < -0.4 is 20.7 Å². The fourth-order valence-corrected chi connectivity index (χ4v) is 2.30. The summed E-state index contributed by atoms with van der Waals surface area (Å²) in [4.78, 5) is 31.9. The van der Waals surface area contributed by atoms with Crippen LogP contribution in [0.1, 0.15) is 24.6 Å². The summed E-state index contributed by atoms with van der Waals surface area (Å²) in [6, 6.07) is 0.925. The Morgan fingerprint density at radius 3 is 2.66 bits per heavy atom. The van der Waals surface area contributed by atoms with E-state index < -0.39 is 42.0 Å². The number of aromatic nitrogens is 1. The maximum Gasteiger partial charge on any atom is 0.422 e. The van der Waals surface area contributed by atoms with Gasteiger partial charge in [-0.15, -0.1) is 0 Å². The molecule has 0 fully saturated rings. The predicted octanol–water partition coefficient (Wildman–Crippen LogP) is 1.45. The number of aryl methyl sites for hydroxylation is 1. The number of hydrogen-bond acceptors (Lipinski definition) is 6. The number of carbonyl (C=O) groups excluding carboxylic acids is 2. The van der Waals surface area contributed by atoms with Crippen molar-refractivity contribution in [3.8, 4) is 5.88 Å². The Kier molecular flexibility index (Phi) is 6.77. The number of ether oxygens (including phenoxy) is 1. The Morgan fingerprint density at radius 1 is 1.34 bits per heavy atom. The molecule has 0 aliphatic carbocycles. The number of hydrogen-bond donors (Lipinski definition) is 3. The highest BCUT2D eigenvalue weighted by molar-refractivity contribution is 6.06. The summed E-state index contributed by atoms with van der Waals surface area (Å²) >= 11 is 0. The monoisotopic (exact) mass is 417 g/mol. The lowest BCUT2D eigenvalue weighted by atomic mass is 10.1. The van der Waals surface area contributed by atoms with Gasteiger partial charge in [-0.3, -0.25) is 14.6 Å². The zero-order chi connectivity index (χ0) is 21.7. The van der Waals surface area contributed by atoms with Crippen molar-refractivity contribution in [2.75, 3.05) is 6.61 Å². The van der Waals surface area contributed by atoms with Crippen molar-refractivity contribution in [2.45, 2.75) is 38.7 Å². The molecular weight excluding hydrogens is 398 g/mol. The minimum Gasteiger partial charge on any atom is -0.466 e. The number of carbonyl (C=O) groups is 2. The Hall–Kier alpha value is -3.18. The molecule has 12 heteroatoms. The van der Waals surface area contributed by atoms with Crippen LogP contribution in [0.5, 0.6) is 5.88 Å². The van der Waals surface area contributed by atoms with Crippen LogP contribution in [0.2, 0.25) is 0 Å². The standard InChI is InChI=1S/C17H19F4N5O3/c1-3-13(27)26-16(8-22-4-5-24-16)15(28)23-7-11-6-12(18)14(25-10(11)2)29-9-17(19,20)21/h4-6,8,24H,3,7,9H2,1-2H3,(H,23,28)(H,26,27). The maximum absolute atomic E-state index is 14.0. The zero-order valence-corrected chi connectivity index (χ0v) is 15.6. The van der Waals surface area contributed by atoms with Gasteiger partial charge in [0.05, 0.1) is 6.21 Å². The topological polar surface area (TPSA) is 105 Å². The van der Waals surface area contributed by atoms with Crippen LogP contribution >= 0.6 is 0 Å². The highest BCUT2D eigenvalue weighted by Crippen LogP contribution is 2.21. The average molecular weight is 417 g/mol. The number of pyridine rings is 1. The molecule has 0 aromatic carbocycles. The number of rotatable bonds is 7. The van der Waals surface area contributed by atoms with Gasteiger partial charge in [0.2, 0.25) is 11.6 Å². The van der Waals surface area contributed by atoms with E-state index in [0.717, 1.165) is 6.07 Å². The molecule has 0 saturated heterocycles. The van der Waals surface area contributed by atoms with Crippen LogP contribution in [-0.4, -0.2) is 41.5 Å². The van der Waals surface area contributed by atoms with Crippen molar-refractivity contribution in [1.82, 2.24) is 20.9 Å². The van der Waals surface area contributed by atoms with Crippen molar-refractivity contribution >= 4 is 18.0 Å². The van der Waals surface area contributed by atoms with Gasteiger partial charge >= 0.3 is 6.18 Å². The van der Waals surface area contributed by atoms with Gasteiger partial charge in [-0.2, -0.15) is 13.2 Å². The van der Waals surface area contributed by atoms with Crippen LogP contribution in [0.15, 0.2) is 23.5 Å². The molecule has 2 heterocycles. The molecule has 0 saturated carbocycles. The summed E-state index contributed by atoms with van der Waals surface area (Å²) in [6.45, 7) is 1.16. The van der Waals surface area contributed by atoms with Gasteiger partial charge in [-0.05, 0) is 18.6 Å². The Balaban J connectivity index is 2.10. The third kappa shape index (κ3) is 5.90. The molecule has 29 heavy (non-hydrogen) atoms. The lowest BCUT2D eigenvalue weighted by Crippen LogP contribution is -2.67. The molecule has 2 rings (SSSR count). The molecule has 1 atom stereocenters. The predicted molar refractivity (Wildman–Crippen MR) is 94.3 cm³/mol. The Morgan fingerprint density at radius 2 is 2.07 bits per heavy atom. The van der Waals surface area contributed by atoms with Crippen LogP contribution in [0.3, 0.4) is 0 Å². The van der Waals surface area contributed by atoms with Gasteiger partial charge in [0.1, 0.15) is 0 Å². The van der Waals surface area contributed by atoms with Crippen molar-refractivity contribution < 1.29 is 31.9 Å². The van der Waals surface area contributed by atoms with E-state index in [2.05, 4.69) is 30.7 Å². The highest BCUT2D eigenvalue weighted by atomic mass is 19.4. The molecule has 8 nitrogen and oxygen atoms in total. The van der Waals surface area contributed by atoms with Gasteiger partial charge in [0.25, 0.3) is 11.8 Å². The van der Waals surface area contributed by atoms with Crippen LogP contribution in [0, 0.1) is 12.7 Å². The first-order chi connectivity index (χ1) is 13.6. The number of aliphatic imine (C=N–C) groups is 1. The fraction of sp³-hybridized carbons (Fsp3) is 0.412. The molecule has 1 aliphatic heterocycles. The molecular formula is C17H19F4N5O3. The van der Waals surface area contributed by atoms with Crippen LogP contribution in [0.25, 0.3) is 0 Å². The number of halogens is 4. The van der Waals surface area contributed by atoms with E-state index in [1.807, 2.05) is 0 Å². The van der Waals surface area contributed by atoms with E-state index in [9.17, 15) is 27.2 Å². The van der Waals surface area contributed by atoms with Gasteiger partial charge < -0.3 is 20.7 Å². The summed E-state index contributed by atoms with van der Waals surface area (Å²) < 4.78 is 55.0. The molecule has 2 amide bonds. The third-order valence-electron chi connectivity index (χ3n) is 3.81. The fourth-order valence-electron chi connectivity index (χ4n) is 2.30. The lowest BCUT2D eigenvalue weighted by molar-refractivity contribution is -0.154. The largest absolute Gasteiger partial charge is 0.466 e. The van der Waals surface area contributed by atoms with E-state index in [4.69, 9.17) is 0 Å². The van der Waals surface area contributed by atoms with Crippen molar-refractivity contribution in [1.29, 1.82) is 0 Å². The van der Waals surface area contributed by atoms with Crippen LogP contribution in [0.4, 0.5) is 17.6 Å². The second kappa shape index (κ2) is 8.88. The maximum atomic E-state index is 14.0. The first kappa shape index (κ1) is 22.1. The van der Waals surface area contributed by atoms with E-state index in [1.54, 1.807) is 6.92 Å². The molecule has 0 spiro atoms. The van der Waals surface area contributed by atoms with Crippen molar-refractivity contribution in [3.63, 3.8) is 0 Å². The van der Waals surface area contributed by atoms with Gasteiger partial charge in [-0.25, -0.2) is 9.37 Å². The molecule has 3 N–H and O–H groups in total. The summed E-state index contributed by atoms with van der Waals surface area (Å²) in [6.07, 6.45) is -0.548. The minimum absolute atomic E-state index is 0.127. The Bertz CT molecular complexity index is 841. The highest BCUT2D eigenvalue weighted by Gasteiger charge is 2.38. The second-order valence-corrected chi connectivity index (χ2v) is 6.05. The Labute approximate surface area is 163 Å². The number of amides is 2. The van der Waals surface area contributed by atoms with Crippen molar-refractivity contribution in [3.05, 3.63) is 35.5 Å². The number of nitrogens with zero attached hydrogens (tertiary/aromatic N) is 2. The molecule has 0 bridgehead atoms. The van der Waals surface area contributed by atoms with E-state index >= 15 is 0 Å². The SMILES string of the molecule is CCC(=O)NC1(C(=O)NCc2cc(F)c(OCC(F)(F)F)nc2C)C=NC=CN1. The smallest absolute Gasteiger partial charge is 0.422 e. The quantitative estimate of drug-likeness (QED) is 0.583. The minimum atomic E-state index is -4.63. The molecule has 158 valence electrons. The molecule has 1 unspecified atom stereocenters. The second-order valence-electron chi connectivity index (χ2n) is 6.05. The average Bonchev–Trinajstić information content (AvgIpc) is 2.66. The van der Waals surface area contributed by atoms with E-state index in [1.165, 1.54) is 25.5 Å². The first-order valence-corrected chi connectivity index (χ1v) is 8.48. The molecule has 0 radical (unpaired) electrons. The third-order valence-corrected chi connectivity index (χ3v) is 3.81. The summed E-state index contributed by atoms with van der Waals surface area (Å²) in [7, 11) is 0. The first-order valence-electron chi connectivity index (χ1n) is 8.48. The molecule has 1 aromatic heterocycles. The van der Waals surface area contributed by atoms with E-state index in [0.29, 0.717) is 0 Å². The summed E-state index contributed by atoms with van der Waals surface area (Å²) in [5, 5.41) is 7.73. The summed E-state index contributed by atoms with van der Waals surface area (Å²) in [5.74, 6) is -2.97. The van der Waals surface area contributed by atoms with E-state index in [-0.39, 0.29) is 24.2 Å². The van der Waals surface area contributed by atoms with Gasteiger partial charge in [-0.1, -0.05) is 6.92 Å². The number of alkyl halides is 3. The van der Waals surface area contributed by atoms with Crippen LogP contribution in [-0.2, 0) is 16.1 Å². The van der Waals surface area contributed by atoms with Crippen molar-refractivity contribution in [2.24, 2.45) is 4.99 Å². The molecule has 1 aliphatic rings. The lowest BCUT2D eigenvalue weighted by Gasteiger charge is -2.31. The normalized spacial score (nSPS) is 18.1. The zero-order valence-electron chi connectivity index (χ0n) is 15.6. The number of nitrogens with one attached hydrogen (secondary N) is 3.